The van der Waals surface area contributed by atoms with Crippen LogP contribution in [0, 0.1) is 0 Å². The Morgan fingerprint density at radius 1 is 1.10 bits per heavy atom. The van der Waals surface area contributed by atoms with Crippen LogP contribution >= 0.6 is 15.9 Å². The standard InChI is InChI=1S/C20H31BrO8/c1-10(21)8-11(23)2-3-12(24)9-15-16(25)19-20(29-15)17(26)18-14(28-19)5-4-13(27-18)6-7-22/h11,13-20,22-23,25-26H,1-9H2. The second kappa shape index (κ2) is 10.3. The summed E-state index contributed by atoms with van der Waals surface area (Å²) in [7, 11) is 0. The van der Waals surface area contributed by atoms with Crippen LogP contribution in [0.15, 0.2) is 11.1 Å². The fourth-order valence-corrected chi connectivity index (χ4v) is 4.84. The van der Waals surface area contributed by atoms with Crippen molar-refractivity contribution in [2.45, 2.75) is 99.9 Å². The van der Waals surface area contributed by atoms with Gasteiger partial charge >= 0.3 is 0 Å². The van der Waals surface area contributed by atoms with Gasteiger partial charge in [0.05, 0.1) is 24.4 Å². The van der Waals surface area contributed by atoms with Crippen molar-refractivity contribution in [3.8, 4) is 0 Å². The van der Waals surface area contributed by atoms with Crippen LogP contribution < -0.4 is 0 Å². The summed E-state index contributed by atoms with van der Waals surface area (Å²) in [5, 5.41) is 40.4. The molecule has 4 N–H and O–H groups in total. The average molecular weight is 479 g/mol. The number of hydrogen-bond donors (Lipinski definition) is 4. The number of hydrogen-bond acceptors (Lipinski definition) is 8. The molecule has 0 bridgehead atoms. The number of ether oxygens (including phenoxy) is 3. The third kappa shape index (κ3) is 5.65. The van der Waals surface area contributed by atoms with Crippen LogP contribution in [0.4, 0.5) is 0 Å². The van der Waals surface area contributed by atoms with Gasteiger partial charge in [-0.3, -0.25) is 4.79 Å². The average Bonchev–Trinajstić information content (AvgIpc) is 2.97. The van der Waals surface area contributed by atoms with Crippen LogP contribution in [-0.4, -0.2) is 87.8 Å². The molecule has 3 rings (SSSR count). The van der Waals surface area contributed by atoms with Crippen LogP contribution in [0.1, 0.15) is 44.9 Å². The van der Waals surface area contributed by atoms with E-state index in [-0.39, 0.29) is 37.4 Å². The van der Waals surface area contributed by atoms with Crippen LogP contribution in [0.25, 0.3) is 0 Å². The maximum absolute atomic E-state index is 12.3. The molecule has 0 aromatic rings. The number of halogens is 1. The van der Waals surface area contributed by atoms with Gasteiger partial charge in [-0.15, -0.1) is 0 Å². The molecule has 29 heavy (non-hydrogen) atoms. The Bertz CT molecular complexity index is 587. The van der Waals surface area contributed by atoms with E-state index < -0.39 is 42.7 Å². The quantitative estimate of drug-likeness (QED) is 0.379. The zero-order chi connectivity index (χ0) is 21.1. The smallest absolute Gasteiger partial charge is 0.135 e. The maximum Gasteiger partial charge on any atom is 0.135 e. The first-order valence-corrected chi connectivity index (χ1v) is 11.1. The van der Waals surface area contributed by atoms with Crippen LogP contribution in [0.2, 0.25) is 0 Å². The number of ketones is 1. The van der Waals surface area contributed by atoms with Gasteiger partial charge in [-0.25, -0.2) is 0 Å². The molecule has 0 spiro atoms. The summed E-state index contributed by atoms with van der Waals surface area (Å²) < 4.78 is 18.4. The van der Waals surface area contributed by atoms with Crippen molar-refractivity contribution in [2.75, 3.05) is 6.61 Å². The Hall–Kier alpha value is -0.390. The first-order chi connectivity index (χ1) is 13.8. The summed E-state index contributed by atoms with van der Waals surface area (Å²) in [5.41, 5.74) is 0. The van der Waals surface area contributed by atoms with Gasteiger partial charge in [0.15, 0.2) is 0 Å². The third-order valence-corrected chi connectivity index (χ3v) is 6.28. The number of Topliss-reactive ketones (excluding diaryl/α,β-unsaturated/α-hetero) is 1. The van der Waals surface area contributed by atoms with Crippen molar-refractivity contribution in [1.29, 1.82) is 0 Å². The SMILES string of the molecule is C=C(Br)CC(O)CCC(=O)CC1OC2C(O)C3OC(CCO)CCC3OC2C1O. The normalized spacial score (nSPS) is 40.2. The molecule has 8 nitrogen and oxygen atoms in total. The highest BCUT2D eigenvalue weighted by Crippen LogP contribution is 2.39. The highest BCUT2D eigenvalue weighted by Gasteiger charge is 2.56. The first-order valence-electron chi connectivity index (χ1n) is 10.3. The first kappa shape index (κ1) is 23.3. The summed E-state index contributed by atoms with van der Waals surface area (Å²) >= 11 is 3.19. The molecule has 3 fully saturated rings. The molecule has 0 aliphatic carbocycles. The lowest BCUT2D eigenvalue weighted by molar-refractivity contribution is -0.260. The van der Waals surface area contributed by atoms with E-state index in [1.165, 1.54) is 0 Å². The zero-order valence-corrected chi connectivity index (χ0v) is 17.9. The number of carbonyl (C=O) groups excluding carboxylic acids is 1. The molecule has 0 aromatic carbocycles. The molecule has 9 heteroatoms. The molecule has 166 valence electrons. The van der Waals surface area contributed by atoms with Crippen molar-refractivity contribution in [3.63, 3.8) is 0 Å². The molecule has 3 saturated heterocycles. The van der Waals surface area contributed by atoms with E-state index in [1.807, 2.05) is 0 Å². The molecule has 3 heterocycles. The number of aliphatic hydroxyl groups is 4. The predicted octanol–water partition coefficient (Wildman–Crippen LogP) is 0.572. The lowest BCUT2D eigenvalue weighted by Crippen LogP contribution is -2.61. The second-order valence-electron chi connectivity index (χ2n) is 8.23. The van der Waals surface area contributed by atoms with Crippen molar-refractivity contribution in [2.24, 2.45) is 0 Å². The highest BCUT2D eigenvalue weighted by atomic mass is 79.9. The molecule has 3 aliphatic rings. The van der Waals surface area contributed by atoms with Gasteiger partial charge in [-0.2, -0.15) is 0 Å². The van der Waals surface area contributed by atoms with Gasteiger partial charge in [0.2, 0.25) is 0 Å². The summed E-state index contributed by atoms with van der Waals surface area (Å²) in [4.78, 5) is 12.3. The Morgan fingerprint density at radius 2 is 1.83 bits per heavy atom. The number of fused-ring (bicyclic) bond motifs is 2. The van der Waals surface area contributed by atoms with Gasteiger partial charge in [-0.05, 0) is 30.2 Å². The molecule has 9 unspecified atom stereocenters. The summed E-state index contributed by atoms with van der Waals surface area (Å²) in [5.74, 6) is -0.127. The van der Waals surface area contributed by atoms with Crippen LogP contribution in [0.3, 0.4) is 0 Å². The number of aliphatic hydroxyl groups excluding tert-OH is 4. The van der Waals surface area contributed by atoms with Crippen molar-refractivity contribution >= 4 is 21.7 Å². The number of carbonyl (C=O) groups is 1. The molecule has 0 saturated carbocycles. The van der Waals surface area contributed by atoms with E-state index in [2.05, 4.69) is 22.5 Å². The lowest BCUT2D eigenvalue weighted by Gasteiger charge is -2.46. The van der Waals surface area contributed by atoms with Gasteiger partial charge in [0.25, 0.3) is 0 Å². The third-order valence-electron chi connectivity index (χ3n) is 5.96. The molecule has 0 aromatic heterocycles. The fourth-order valence-electron chi connectivity index (χ4n) is 4.46. The van der Waals surface area contributed by atoms with Crippen LogP contribution in [0.5, 0.6) is 0 Å². The molecular weight excluding hydrogens is 448 g/mol. The minimum atomic E-state index is -1.01. The molecule has 0 radical (unpaired) electrons. The summed E-state index contributed by atoms with van der Waals surface area (Å²) in [6.45, 7) is 3.68. The van der Waals surface area contributed by atoms with Gasteiger partial charge in [0, 0.05) is 25.9 Å². The molecular formula is C20H31BrO8. The van der Waals surface area contributed by atoms with Crippen LogP contribution in [-0.2, 0) is 19.0 Å². The second-order valence-corrected chi connectivity index (χ2v) is 9.35. The topological polar surface area (TPSA) is 126 Å². The van der Waals surface area contributed by atoms with Crippen molar-refractivity contribution in [1.82, 2.24) is 0 Å². The minimum Gasteiger partial charge on any atom is -0.396 e. The van der Waals surface area contributed by atoms with Crippen molar-refractivity contribution < 1.29 is 39.4 Å². The summed E-state index contributed by atoms with van der Waals surface area (Å²) in [6.07, 6.45) is -3.19. The Kier molecular flexibility index (Phi) is 8.25. The Labute approximate surface area is 179 Å². The van der Waals surface area contributed by atoms with E-state index in [9.17, 15) is 20.1 Å². The summed E-state index contributed by atoms with van der Waals surface area (Å²) in [6, 6.07) is 0. The van der Waals surface area contributed by atoms with Gasteiger partial charge in [-0.1, -0.05) is 22.5 Å². The Balaban J connectivity index is 1.53. The fraction of sp³-hybridized carbons (Fsp3) is 0.850. The van der Waals surface area contributed by atoms with E-state index in [4.69, 9.17) is 19.3 Å². The van der Waals surface area contributed by atoms with E-state index in [1.54, 1.807) is 0 Å². The van der Waals surface area contributed by atoms with Crippen molar-refractivity contribution in [3.05, 3.63) is 11.1 Å². The predicted molar refractivity (Wildman–Crippen MR) is 106 cm³/mol. The molecule has 9 atom stereocenters. The van der Waals surface area contributed by atoms with Gasteiger partial charge in [0.1, 0.15) is 36.3 Å². The van der Waals surface area contributed by atoms with E-state index >= 15 is 0 Å². The molecule has 3 aliphatic heterocycles. The highest BCUT2D eigenvalue weighted by molar-refractivity contribution is 9.11. The van der Waals surface area contributed by atoms with E-state index in [0.717, 1.165) is 0 Å². The number of rotatable bonds is 9. The maximum atomic E-state index is 12.3. The Morgan fingerprint density at radius 3 is 2.52 bits per heavy atom. The lowest BCUT2D eigenvalue weighted by atomic mass is 9.88. The minimum absolute atomic E-state index is 0.00441. The monoisotopic (exact) mass is 478 g/mol. The zero-order valence-electron chi connectivity index (χ0n) is 16.4. The van der Waals surface area contributed by atoms with Gasteiger partial charge < -0.3 is 34.6 Å². The largest absolute Gasteiger partial charge is 0.396 e. The van der Waals surface area contributed by atoms with E-state index in [0.29, 0.717) is 36.6 Å². The molecule has 0 amide bonds.